The molecule has 1 heterocycles. The maximum Gasteiger partial charge on any atom is 0.415 e. The Morgan fingerprint density at radius 1 is 1.31 bits per heavy atom. The first-order valence-corrected chi connectivity index (χ1v) is 9.43. The normalized spacial score (nSPS) is 11.0. The van der Waals surface area contributed by atoms with Gasteiger partial charge in [0.15, 0.2) is 0 Å². The summed E-state index contributed by atoms with van der Waals surface area (Å²) in [7, 11) is 3.40. The monoisotopic (exact) mass is 398 g/mol. The fourth-order valence-corrected chi connectivity index (χ4v) is 3.01. The van der Waals surface area contributed by atoms with E-state index in [0.29, 0.717) is 5.69 Å². The van der Waals surface area contributed by atoms with Crippen molar-refractivity contribution in [3.05, 3.63) is 46.8 Å². The molecule has 2 aromatic rings. The van der Waals surface area contributed by atoms with Crippen LogP contribution in [0, 0.1) is 19.3 Å². The minimum Gasteiger partial charge on any atom is -0.496 e. The van der Waals surface area contributed by atoms with Crippen molar-refractivity contribution in [2.24, 2.45) is 0 Å². The van der Waals surface area contributed by atoms with Crippen molar-refractivity contribution >= 4 is 23.7 Å². The molecule has 7 heteroatoms. The predicted molar refractivity (Wildman–Crippen MR) is 117 cm³/mol. The molecule has 0 aliphatic heterocycles. The summed E-state index contributed by atoms with van der Waals surface area (Å²) in [5.74, 6) is 0.759. The molecule has 0 saturated carbocycles. The summed E-state index contributed by atoms with van der Waals surface area (Å²) < 4.78 is 11.1. The smallest absolute Gasteiger partial charge is 0.415 e. The van der Waals surface area contributed by atoms with E-state index in [1.54, 1.807) is 37.4 Å². The number of anilines is 2. The number of methoxy groups -OCH3 is 1. The number of aryl methyl sites for hydroxylation is 1. The summed E-state index contributed by atoms with van der Waals surface area (Å²) in [6, 6.07) is 5.42. The van der Waals surface area contributed by atoms with E-state index < -0.39 is 11.7 Å². The van der Waals surface area contributed by atoms with Crippen LogP contribution in [0.2, 0.25) is 0 Å². The van der Waals surface area contributed by atoms with Crippen molar-refractivity contribution < 1.29 is 14.3 Å². The van der Waals surface area contributed by atoms with E-state index in [1.165, 1.54) is 6.21 Å². The fraction of sp³-hybridized carbons (Fsp3) is 0.409. The Bertz CT molecular complexity index is 904. The third kappa shape index (κ3) is 5.25. The summed E-state index contributed by atoms with van der Waals surface area (Å²) in [6.07, 6.45) is 2.54. The topological polar surface area (TPSA) is 87.5 Å². The third-order valence-electron chi connectivity index (χ3n) is 4.44. The minimum absolute atomic E-state index is 0.227. The molecule has 7 nitrogen and oxygen atoms in total. The van der Waals surface area contributed by atoms with Crippen LogP contribution in [-0.2, 0) is 11.3 Å². The van der Waals surface area contributed by atoms with Gasteiger partial charge in [-0.1, -0.05) is 0 Å². The largest absolute Gasteiger partial charge is 0.496 e. The van der Waals surface area contributed by atoms with Gasteiger partial charge in [0.05, 0.1) is 19.3 Å². The number of aromatic nitrogens is 1. The predicted octanol–water partition coefficient (Wildman–Crippen LogP) is 4.69. The number of hydrogen-bond donors (Lipinski definition) is 2. The van der Waals surface area contributed by atoms with Gasteiger partial charge in [-0.15, -0.1) is 0 Å². The van der Waals surface area contributed by atoms with Gasteiger partial charge in [0.2, 0.25) is 0 Å². The van der Waals surface area contributed by atoms with Crippen LogP contribution < -0.4 is 15.0 Å². The van der Waals surface area contributed by atoms with E-state index in [-0.39, 0.29) is 6.54 Å². The number of nitrogens with zero attached hydrogens (tertiary/aromatic N) is 2. The molecule has 0 bridgehead atoms. The Labute approximate surface area is 172 Å². The quantitative estimate of drug-likeness (QED) is 0.690. The van der Waals surface area contributed by atoms with Crippen LogP contribution in [0.3, 0.4) is 0 Å². The molecule has 0 radical (unpaired) electrons. The Kier molecular flexibility index (Phi) is 6.84. The number of rotatable bonds is 6. The van der Waals surface area contributed by atoms with Crippen LogP contribution in [0.5, 0.6) is 5.75 Å². The van der Waals surface area contributed by atoms with Gasteiger partial charge in [0.25, 0.3) is 0 Å². The van der Waals surface area contributed by atoms with E-state index in [0.717, 1.165) is 33.8 Å². The minimum atomic E-state index is -0.635. The molecule has 2 rings (SSSR count). The molecule has 156 valence electrons. The second kappa shape index (κ2) is 8.94. The molecule has 0 aliphatic carbocycles. The zero-order valence-corrected chi connectivity index (χ0v) is 18.2. The summed E-state index contributed by atoms with van der Waals surface area (Å²) in [5, 5.41) is 10.6. The molecule has 1 amide bonds. The van der Waals surface area contributed by atoms with E-state index >= 15 is 0 Å². The van der Waals surface area contributed by atoms with Crippen molar-refractivity contribution in [2.45, 2.75) is 46.8 Å². The Hall–Kier alpha value is -3.09. The van der Waals surface area contributed by atoms with Crippen LogP contribution in [0.15, 0.2) is 24.4 Å². The molecule has 1 aromatic carbocycles. The molecule has 0 aliphatic rings. The van der Waals surface area contributed by atoms with E-state index in [2.05, 4.69) is 10.3 Å². The SMILES string of the molecule is CNc1cc(N(Cc2ncc(C)c(OC)c2C)C(=O)OC(C)(C)C)ccc1C=N. The van der Waals surface area contributed by atoms with Gasteiger partial charge in [0, 0.05) is 47.5 Å². The molecule has 0 saturated heterocycles. The molecular formula is C22H30N4O3. The van der Waals surface area contributed by atoms with E-state index in [1.807, 2.05) is 40.7 Å². The van der Waals surface area contributed by atoms with E-state index in [9.17, 15) is 4.79 Å². The molecule has 0 spiro atoms. The number of pyridine rings is 1. The Morgan fingerprint density at radius 2 is 2.00 bits per heavy atom. The van der Waals surface area contributed by atoms with Gasteiger partial charge in [-0.3, -0.25) is 9.88 Å². The summed E-state index contributed by atoms with van der Waals surface area (Å²) in [5.41, 5.74) is 4.03. The highest BCUT2D eigenvalue weighted by molar-refractivity contribution is 5.92. The van der Waals surface area contributed by atoms with Gasteiger partial charge >= 0.3 is 6.09 Å². The molecule has 2 N–H and O–H groups in total. The van der Waals surface area contributed by atoms with Crippen LogP contribution in [0.25, 0.3) is 0 Å². The first-order chi connectivity index (χ1) is 13.6. The van der Waals surface area contributed by atoms with Gasteiger partial charge in [-0.2, -0.15) is 0 Å². The van der Waals surface area contributed by atoms with Crippen LogP contribution >= 0.6 is 0 Å². The molecule has 0 atom stereocenters. The standard InChI is InChI=1S/C22H30N4O3/c1-14-12-25-19(15(2)20(14)28-7)13-26(21(27)29-22(3,4)5)17-9-8-16(11-23)18(10-17)24-6/h8-12,23-24H,13H2,1-7H3. The molecule has 1 aromatic heterocycles. The zero-order chi connectivity index (χ0) is 21.8. The van der Waals surface area contributed by atoms with Gasteiger partial charge < -0.3 is 20.2 Å². The number of nitrogens with one attached hydrogen (secondary N) is 2. The first kappa shape index (κ1) is 22.2. The molecule has 0 fully saturated rings. The van der Waals surface area contributed by atoms with Crippen molar-refractivity contribution in [1.29, 1.82) is 5.41 Å². The number of carbonyl (C=O) groups excluding carboxylic acids is 1. The van der Waals surface area contributed by atoms with Crippen LogP contribution in [-0.4, -0.2) is 37.1 Å². The number of carbonyl (C=O) groups is 1. The average Bonchev–Trinajstić information content (AvgIpc) is 2.66. The highest BCUT2D eigenvalue weighted by atomic mass is 16.6. The number of ether oxygens (including phenoxy) is 2. The third-order valence-corrected chi connectivity index (χ3v) is 4.44. The highest BCUT2D eigenvalue weighted by Gasteiger charge is 2.25. The Balaban J connectivity index is 2.52. The fourth-order valence-electron chi connectivity index (χ4n) is 3.01. The summed E-state index contributed by atoms with van der Waals surface area (Å²) >= 11 is 0. The van der Waals surface area contributed by atoms with Crippen LogP contribution in [0.4, 0.5) is 16.2 Å². The average molecular weight is 399 g/mol. The van der Waals surface area contributed by atoms with Gasteiger partial charge in [-0.25, -0.2) is 4.79 Å². The first-order valence-electron chi connectivity index (χ1n) is 9.43. The number of amides is 1. The van der Waals surface area contributed by atoms with Gasteiger partial charge in [-0.05, 0) is 52.8 Å². The van der Waals surface area contributed by atoms with Crippen molar-refractivity contribution in [2.75, 3.05) is 24.4 Å². The maximum absolute atomic E-state index is 13.0. The second-order valence-corrected chi connectivity index (χ2v) is 7.78. The number of hydrogen-bond acceptors (Lipinski definition) is 6. The summed E-state index contributed by atoms with van der Waals surface area (Å²) in [6.45, 7) is 9.59. The zero-order valence-electron chi connectivity index (χ0n) is 18.2. The van der Waals surface area contributed by atoms with Crippen LogP contribution in [0.1, 0.15) is 43.2 Å². The Morgan fingerprint density at radius 3 is 2.55 bits per heavy atom. The van der Waals surface area contributed by atoms with Crippen molar-refractivity contribution in [3.8, 4) is 5.75 Å². The lowest BCUT2D eigenvalue weighted by molar-refractivity contribution is 0.0577. The second-order valence-electron chi connectivity index (χ2n) is 7.78. The lowest BCUT2D eigenvalue weighted by atomic mass is 10.1. The maximum atomic E-state index is 13.0. The highest BCUT2D eigenvalue weighted by Crippen LogP contribution is 2.29. The molecule has 0 unspecified atom stereocenters. The van der Waals surface area contributed by atoms with E-state index in [4.69, 9.17) is 14.9 Å². The summed E-state index contributed by atoms with van der Waals surface area (Å²) in [4.78, 5) is 19.1. The van der Waals surface area contributed by atoms with Gasteiger partial charge in [0.1, 0.15) is 11.4 Å². The number of benzene rings is 1. The molecular weight excluding hydrogens is 368 g/mol. The lowest BCUT2D eigenvalue weighted by Gasteiger charge is -2.28. The molecule has 29 heavy (non-hydrogen) atoms. The van der Waals surface area contributed by atoms with Crippen molar-refractivity contribution in [1.82, 2.24) is 4.98 Å². The lowest BCUT2D eigenvalue weighted by Crippen LogP contribution is -2.37. The van der Waals surface area contributed by atoms with Crippen molar-refractivity contribution in [3.63, 3.8) is 0 Å².